The number of methoxy groups -OCH3 is 1. The van der Waals surface area contributed by atoms with E-state index in [-0.39, 0.29) is 11.2 Å². The maximum atomic E-state index is 11.1. The minimum atomic E-state index is -0.287. The van der Waals surface area contributed by atoms with Gasteiger partial charge in [0.1, 0.15) is 0 Å². The fourth-order valence-corrected chi connectivity index (χ4v) is 2.01. The summed E-state index contributed by atoms with van der Waals surface area (Å²) in [5.41, 5.74) is 0. The van der Waals surface area contributed by atoms with Gasteiger partial charge in [0.05, 0.1) is 12.4 Å². The number of hydrogen-bond acceptors (Lipinski definition) is 3. The summed E-state index contributed by atoms with van der Waals surface area (Å²) in [6.45, 7) is 2.24. The topological polar surface area (TPSA) is 26.3 Å². The first-order valence-corrected chi connectivity index (χ1v) is 7.31. The molecule has 0 saturated carbocycles. The molecule has 0 amide bonds. The lowest BCUT2D eigenvalue weighted by Gasteiger charge is -2.07. The number of ether oxygens (including phenoxy) is 1. The van der Waals surface area contributed by atoms with Gasteiger partial charge < -0.3 is 4.74 Å². The second-order valence-electron chi connectivity index (χ2n) is 4.47. The van der Waals surface area contributed by atoms with Crippen LogP contribution in [0.2, 0.25) is 0 Å². The molecular weight excluding hydrogens is 232 g/mol. The SMILES string of the molecule is CCCCCCCCC[CH]CC(S)C(=O)OC. The van der Waals surface area contributed by atoms with Crippen LogP contribution in [0.5, 0.6) is 0 Å². The van der Waals surface area contributed by atoms with Crippen LogP contribution in [0.15, 0.2) is 0 Å². The molecule has 3 heteroatoms. The number of hydrogen-bond donors (Lipinski definition) is 1. The van der Waals surface area contributed by atoms with Crippen LogP contribution in [0.1, 0.15) is 64.7 Å². The molecule has 1 radical (unpaired) electrons. The summed E-state index contributed by atoms with van der Waals surface area (Å²) >= 11 is 4.18. The largest absolute Gasteiger partial charge is 0.468 e. The van der Waals surface area contributed by atoms with Gasteiger partial charge in [0.15, 0.2) is 0 Å². The molecule has 0 aliphatic rings. The molecule has 0 bridgehead atoms. The molecular formula is C14H27O2S. The number of carbonyl (C=O) groups is 1. The van der Waals surface area contributed by atoms with Crippen molar-refractivity contribution in [3.8, 4) is 0 Å². The number of esters is 1. The molecule has 0 aromatic heterocycles. The molecule has 0 rings (SSSR count). The highest BCUT2D eigenvalue weighted by atomic mass is 32.1. The first-order chi connectivity index (χ1) is 8.22. The molecule has 1 atom stereocenters. The first-order valence-electron chi connectivity index (χ1n) is 6.80. The lowest BCUT2D eigenvalue weighted by atomic mass is 10.1. The van der Waals surface area contributed by atoms with Gasteiger partial charge in [-0.25, -0.2) is 0 Å². The van der Waals surface area contributed by atoms with Gasteiger partial charge in [0.25, 0.3) is 0 Å². The van der Waals surface area contributed by atoms with Crippen LogP contribution in [-0.2, 0) is 9.53 Å². The van der Waals surface area contributed by atoms with E-state index < -0.39 is 0 Å². The molecule has 0 N–H and O–H groups in total. The Labute approximate surface area is 112 Å². The number of carbonyl (C=O) groups excluding carboxylic acids is 1. The smallest absolute Gasteiger partial charge is 0.318 e. The fraction of sp³-hybridized carbons (Fsp3) is 0.857. The van der Waals surface area contributed by atoms with E-state index >= 15 is 0 Å². The Morgan fingerprint density at radius 2 is 1.76 bits per heavy atom. The molecule has 0 aliphatic carbocycles. The van der Waals surface area contributed by atoms with Gasteiger partial charge in [-0.05, 0) is 12.8 Å². The molecule has 2 nitrogen and oxygen atoms in total. The predicted molar refractivity (Wildman–Crippen MR) is 76.3 cm³/mol. The zero-order chi connectivity index (χ0) is 12.9. The van der Waals surface area contributed by atoms with E-state index in [4.69, 9.17) is 0 Å². The van der Waals surface area contributed by atoms with Crippen molar-refractivity contribution in [3.63, 3.8) is 0 Å². The molecule has 101 valence electrons. The van der Waals surface area contributed by atoms with Crippen molar-refractivity contribution in [2.45, 2.75) is 70.0 Å². The van der Waals surface area contributed by atoms with Crippen molar-refractivity contribution < 1.29 is 9.53 Å². The molecule has 17 heavy (non-hydrogen) atoms. The lowest BCUT2D eigenvalue weighted by molar-refractivity contribution is -0.139. The molecule has 0 fully saturated rings. The second-order valence-corrected chi connectivity index (χ2v) is 5.10. The van der Waals surface area contributed by atoms with Crippen molar-refractivity contribution in [2.75, 3.05) is 7.11 Å². The Balaban J connectivity index is 3.15. The summed E-state index contributed by atoms with van der Waals surface area (Å²) in [6, 6.07) is 0. The standard InChI is InChI=1S/C14H27O2S/c1-3-4-5-6-7-8-9-10-11-12-13(17)14(15)16-2/h11,13,17H,3-10,12H2,1-2H3. The highest BCUT2D eigenvalue weighted by Gasteiger charge is 2.12. The molecule has 1 unspecified atom stereocenters. The Morgan fingerprint density at radius 1 is 1.18 bits per heavy atom. The number of rotatable bonds is 11. The quantitative estimate of drug-likeness (QED) is 0.342. The third kappa shape index (κ3) is 10.7. The second kappa shape index (κ2) is 12.3. The Hall–Kier alpha value is -0.180. The molecule has 0 aliphatic heterocycles. The van der Waals surface area contributed by atoms with Crippen LogP contribution in [-0.4, -0.2) is 18.3 Å². The monoisotopic (exact) mass is 259 g/mol. The van der Waals surface area contributed by atoms with Crippen LogP contribution >= 0.6 is 12.6 Å². The number of thiol groups is 1. The van der Waals surface area contributed by atoms with Crippen molar-refractivity contribution in [3.05, 3.63) is 6.42 Å². The normalized spacial score (nSPS) is 12.4. The average Bonchev–Trinajstić information content (AvgIpc) is 2.35. The summed E-state index contributed by atoms with van der Waals surface area (Å²) in [5, 5.41) is -0.287. The van der Waals surface area contributed by atoms with Crippen molar-refractivity contribution in [1.29, 1.82) is 0 Å². The predicted octanol–water partition coefficient (Wildman–Crippen LogP) is 4.19. The Morgan fingerprint density at radius 3 is 2.35 bits per heavy atom. The van der Waals surface area contributed by atoms with Gasteiger partial charge in [0, 0.05) is 0 Å². The van der Waals surface area contributed by atoms with E-state index in [9.17, 15) is 4.79 Å². The lowest BCUT2D eigenvalue weighted by Crippen LogP contribution is -2.16. The highest BCUT2D eigenvalue weighted by molar-refractivity contribution is 7.81. The summed E-state index contributed by atoms with van der Waals surface area (Å²) in [7, 11) is 1.40. The molecule has 0 spiro atoms. The van der Waals surface area contributed by atoms with E-state index in [1.807, 2.05) is 0 Å². The molecule has 0 saturated heterocycles. The van der Waals surface area contributed by atoms with Crippen LogP contribution in [0, 0.1) is 6.42 Å². The van der Waals surface area contributed by atoms with Crippen LogP contribution in [0.3, 0.4) is 0 Å². The Bertz CT molecular complexity index is 183. The van der Waals surface area contributed by atoms with Gasteiger partial charge in [-0.3, -0.25) is 4.79 Å². The summed E-state index contributed by atoms with van der Waals surface area (Å²) in [4.78, 5) is 11.1. The van der Waals surface area contributed by atoms with Gasteiger partial charge in [0.2, 0.25) is 0 Å². The van der Waals surface area contributed by atoms with Gasteiger partial charge in [-0.2, -0.15) is 12.6 Å². The zero-order valence-corrected chi connectivity index (χ0v) is 12.2. The first kappa shape index (κ1) is 16.8. The van der Waals surface area contributed by atoms with E-state index in [2.05, 4.69) is 30.7 Å². The van der Waals surface area contributed by atoms with E-state index in [1.54, 1.807) is 0 Å². The summed E-state index contributed by atoms with van der Waals surface area (Å²) in [6.07, 6.45) is 13.2. The van der Waals surface area contributed by atoms with Crippen LogP contribution in [0.25, 0.3) is 0 Å². The molecule has 0 heterocycles. The van der Waals surface area contributed by atoms with Crippen LogP contribution in [0.4, 0.5) is 0 Å². The number of unbranched alkanes of at least 4 members (excludes halogenated alkanes) is 8. The maximum Gasteiger partial charge on any atom is 0.318 e. The fourth-order valence-electron chi connectivity index (χ4n) is 1.75. The molecule has 0 aromatic carbocycles. The molecule has 0 aromatic rings. The Kier molecular flexibility index (Phi) is 12.2. The van der Waals surface area contributed by atoms with Crippen molar-refractivity contribution in [2.24, 2.45) is 0 Å². The third-order valence-electron chi connectivity index (χ3n) is 2.87. The van der Waals surface area contributed by atoms with E-state index in [1.165, 1.54) is 52.1 Å². The minimum absolute atomic E-state index is 0.232. The van der Waals surface area contributed by atoms with Gasteiger partial charge in [-0.1, -0.05) is 58.3 Å². The van der Waals surface area contributed by atoms with E-state index in [0.717, 1.165) is 6.42 Å². The summed E-state index contributed by atoms with van der Waals surface area (Å²) < 4.78 is 4.61. The van der Waals surface area contributed by atoms with E-state index in [0.29, 0.717) is 6.42 Å². The zero-order valence-electron chi connectivity index (χ0n) is 11.3. The maximum absolute atomic E-state index is 11.1. The average molecular weight is 259 g/mol. The highest BCUT2D eigenvalue weighted by Crippen LogP contribution is 2.12. The van der Waals surface area contributed by atoms with Crippen molar-refractivity contribution >= 4 is 18.6 Å². The van der Waals surface area contributed by atoms with Gasteiger partial charge >= 0.3 is 5.97 Å². The van der Waals surface area contributed by atoms with Crippen molar-refractivity contribution in [1.82, 2.24) is 0 Å². The van der Waals surface area contributed by atoms with Crippen LogP contribution < -0.4 is 0 Å². The minimum Gasteiger partial charge on any atom is -0.468 e. The third-order valence-corrected chi connectivity index (χ3v) is 3.30. The summed E-state index contributed by atoms with van der Waals surface area (Å²) in [5.74, 6) is -0.232. The van der Waals surface area contributed by atoms with Gasteiger partial charge in [-0.15, -0.1) is 0 Å².